The first-order valence-electron chi connectivity index (χ1n) is 12.4. The van der Waals surface area contributed by atoms with Gasteiger partial charge in [0.2, 0.25) is 11.7 Å². The van der Waals surface area contributed by atoms with Crippen molar-refractivity contribution < 1.29 is 60.8 Å². The van der Waals surface area contributed by atoms with Gasteiger partial charge in [0.15, 0.2) is 5.76 Å². The van der Waals surface area contributed by atoms with Gasteiger partial charge in [-0.3, -0.25) is 28.6 Å². The number of ketones is 1. The quantitative estimate of drug-likeness (QED) is 0.0559. The fraction of sp³-hybridized carbons (Fsp3) is 0.400. The van der Waals surface area contributed by atoms with Crippen LogP contribution in [0.1, 0.15) is 31.2 Å². The summed E-state index contributed by atoms with van der Waals surface area (Å²) in [7, 11) is -2.32. The van der Waals surface area contributed by atoms with Crippen LogP contribution in [0, 0.1) is 0 Å². The molecule has 43 heavy (non-hydrogen) atoms. The van der Waals surface area contributed by atoms with Crippen molar-refractivity contribution in [3.63, 3.8) is 0 Å². The van der Waals surface area contributed by atoms with Gasteiger partial charge in [-0.15, -0.1) is 11.8 Å². The second kappa shape index (κ2) is 13.6. The van der Waals surface area contributed by atoms with Gasteiger partial charge in [0.05, 0.1) is 7.11 Å². The Morgan fingerprint density at radius 3 is 2.40 bits per heavy atom. The molecule has 2 aliphatic heterocycles. The molecule has 1 saturated heterocycles. The number of carboxylic acid groups (broad SMARTS) is 2. The van der Waals surface area contributed by atoms with E-state index in [2.05, 4.69) is 9.50 Å². The molecule has 0 spiro atoms. The highest BCUT2D eigenvalue weighted by Crippen LogP contribution is 2.47. The molecule has 1 unspecified atom stereocenters. The van der Waals surface area contributed by atoms with Crippen molar-refractivity contribution in [3.05, 3.63) is 46.9 Å². The maximum atomic E-state index is 13.2. The third kappa shape index (κ3) is 7.71. The number of thioether (sulfide) groups is 1. The molecule has 1 fully saturated rings. The number of Topliss-reactive ketones (excluding diaryl/α,β-unsaturated/α-hetero) is 1. The number of aliphatic carboxylic acids is 2. The zero-order valence-corrected chi connectivity index (χ0v) is 24.5. The summed E-state index contributed by atoms with van der Waals surface area (Å²) in [6, 6.07) is 4.06. The summed E-state index contributed by atoms with van der Waals surface area (Å²) in [4.78, 5) is 62.9. The summed E-state index contributed by atoms with van der Waals surface area (Å²) >= 11 is 1.07. The molecule has 18 heteroatoms. The highest BCUT2D eigenvalue weighted by Gasteiger charge is 2.66. The number of allylic oxidation sites excluding steroid dienone is 1. The van der Waals surface area contributed by atoms with Crippen molar-refractivity contribution in [2.24, 2.45) is 5.73 Å². The van der Waals surface area contributed by atoms with E-state index in [0.717, 1.165) is 16.7 Å². The van der Waals surface area contributed by atoms with E-state index in [1.165, 1.54) is 44.6 Å². The van der Waals surface area contributed by atoms with Gasteiger partial charge in [-0.25, -0.2) is 4.79 Å². The topological polar surface area (TPSA) is 249 Å². The first-order valence-corrected chi connectivity index (χ1v) is 14.9. The number of carbonyl (C=O) groups excluding carboxylic acids is 3. The number of fused-ring (bicyclic) bond motifs is 1. The Morgan fingerprint density at radius 1 is 1.21 bits per heavy atom. The molecule has 6 N–H and O–H groups in total. The number of carbonyl (C=O) groups is 5. The SMILES string of the molecule is COC(=Cc1ccc(OS(=O)(=O)O)cc1)C(=O)CC1=C(C(=O)O)N2C(=O)[C@](NC(=O)CCCC(N)C(=O)O)(OC)[C@@H]2SC1. The fourth-order valence-corrected chi connectivity index (χ4v) is 6.17. The van der Waals surface area contributed by atoms with Crippen LogP contribution in [-0.2, 0) is 43.8 Å². The van der Waals surface area contributed by atoms with Gasteiger partial charge < -0.3 is 34.9 Å². The van der Waals surface area contributed by atoms with Crippen LogP contribution < -0.4 is 15.2 Å². The monoisotopic (exact) mass is 643 g/mol. The Bertz CT molecular complexity index is 1470. The molecular formula is C25H29N3O13S2. The van der Waals surface area contributed by atoms with Crippen molar-refractivity contribution in [2.75, 3.05) is 20.0 Å². The summed E-state index contributed by atoms with van der Waals surface area (Å²) in [5.41, 5.74) is 3.65. The number of benzene rings is 1. The summed E-state index contributed by atoms with van der Waals surface area (Å²) < 4.78 is 45.3. The van der Waals surface area contributed by atoms with Crippen LogP contribution in [0.2, 0.25) is 0 Å². The molecule has 1 aromatic rings. The second-order valence-corrected chi connectivity index (χ2v) is 11.4. The van der Waals surface area contributed by atoms with Gasteiger partial charge >= 0.3 is 22.3 Å². The third-order valence-corrected chi connectivity index (χ3v) is 8.22. The van der Waals surface area contributed by atoms with E-state index < -0.39 is 69.2 Å². The smallest absolute Gasteiger partial charge is 0.446 e. The van der Waals surface area contributed by atoms with E-state index in [-0.39, 0.29) is 42.1 Å². The molecule has 1 aromatic carbocycles. The van der Waals surface area contributed by atoms with Crippen LogP contribution in [0.15, 0.2) is 41.3 Å². The van der Waals surface area contributed by atoms with Crippen LogP contribution in [0.25, 0.3) is 6.08 Å². The number of methoxy groups -OCH3 is 2. The largest absolute Gasteiger partial charge is 0.493 e. The number of rotatable bonds is 15. The van der Waals surface area contributed by atoms with Gasteiger partial charge in [0, 0.05) is 25.7 Å². The first kappa shape index (κ1) is 33.5. The van der Waals surface area contributed by atoms with Gasteiger partial charge in [-0.05, 0) is 42.2 Å². The lowest BCUT2D eigenvalue weighted by molar-refractivity contribution is -0.192. The van der Waals surface area contributed by atoms with Crippen molar-refractivity contribution >= 4 is 57.8 Å². The molecule has 2 heterocycles. The lowest BCUT2D eigenvalue weighted by Crippen LogP contribution is -2.80. The molecule has 0 saturated carbocycles. The van der Waals surface area contributed by atoms with Crippen LogP contribution in [0.3, 0.4) is 0 Å². The van der Waals surface area contributed by atoms with E-state index in [1.807, 2.05) is 0 Å². The minimum atomic E-state index is -4.72. The van der Waals surface area contributed by atoms with Gasteiger partial charge in [0.1, 0.15) is 22.9 Å². The Balaban J connectivity index is 1.76. The number of β-lactam (4-membered cyclic amide) rings is 1. The number of nitrogens with one attached hydrogen (secondary N) is 1. The lowest BCUT2D eigenvalue weighted by Gasteiger charge is -2.55. The van der Waals surface area contributed by atoms with E-state index >= 15 is 0 Å². The minimum Gasteiger partial charge on any atom is -0.493 e. The molecule has 234 valence electrons. The van der Waals surface area contributed by atoms with E-state index in [4.69, 9.17) is 24.9 Å². The molecular weight excluding hydrogens is 614 g/mol. The van der Waals surface area contributed by atoms with Crippen LogP contribution in [0.4, 0.5) is 0 Å². The molecule has 0 aliphatic carbocycles. The molecule has 16 nitrogen and oxygen atoms in total. The maximum Gasteiger partial charge on any atom is 0.446 e. The Labute approximate surface area is 249 Å². The average Bonchev–Trinajstić information content (AvgIpc) is 2.93. The number of carboxylic acids is 2. The van der Waals surface area contributed by atoms with Gasteiger partial charge in [-0.2, -0.15) is 8.42 Å². The molecule has 0 aromatic heterocycles. The second-order valence-electron chi connectivity index (χ2n) is 9.31. The fourth-order valence-electron chi connectivity index (χ4n) is 4.38. The zero-order valence-electron chi connectivity index (χ0n) is 22.8. The highest BCUT2D eigenvalue weighted by atomic mass is 32.3. The molecule has 0 radical (unpaired) electrons. The number of amides is 2. The summed E-state index contributed by atoms with van der Waals surface area (Å²) in [6.45, 7) is 0. The molecule has 3 atom stereocenters. The maximum absolute atomic E-state index is 13.2. The Hall–Kier alpha value is -3.97. The van der Waals surface area contributed by atoms with E-state index in [0.29, 0.717) is 5.56 Å². The number of nitrogens with two attached hydrogens (primary N) is 1. The molecule has 0 bridgehead atoms. The summed E-state index contributed by atoms with van der Waals surface area (Å²) in [5.74, 6) is -5.14. The van der Waals surface area contributed by atoms with Crippen molar-refractivity contribution in [2.45, 2.75) is 42.8 Å². The Morgan fingerprint density at radius 2 is 1.86 bits per heavy atom. The van der Waals surface area contributed by atoms with Crippen molar-refractivity contribution in [1.82, 2.24) is 10.2 Å². The van der Waals surface area contributed by atoms with Crippen LogP contribution >= 0.6 is 11.8 Å². The predicted octanol–water partition coefficient (Wildman–Crippen LogP) is 0.110. The molecule has 2 aliphatic rings. The van der Waals surface area contributed by atoms with E-state index in [9.17, 15) is 37.5 Å². The van der Waals surface area contributed by atoms with Crippen LogP contribution in [0.5, 0.6) is 5.75 Å². The normalized spacial score (nSPS) is 20.9. The van der Waals surface area contributed by atoms with Crippen LogP contribution in [-0.4, -0.2) is 94.7 Å². The Kier molecular flexibility index (Phi) is 10.6. The standard InChI is InChI=1S/C25H29N3O13S2/c1-39-18(10-13-6-8-15(9-7-13)41-43(36,37)38)17(29)11-14-12-42-24-25(40-2,23(35)28(24)20(14)22(33)34)27-19(30)5-3-4-16(26)21(31)32/h6-10,16,24H,3-5,11-12,26H2,1-2H3,(H,27,30)(H,31,32)(H,33,34)(H,36,37,38)/t16?,24-,25-/m0/s1. The number of hydrogen-bond acceptors (Lipinski definition) is 12. The summed E-state index contributed by atoms with van der Waals surface area (Å²) in [5, 5.41) is 20.4. The highest BCUT2D eigenvalue weighted by molar-refractivity contribution is 8.00. The first-order chi connectivity index (χ1) is 20.1. The lowest BCUT2D eigenvalue weighted by atomic mass is 9.96. The predicted molar refractivity (Wildman–Crippen MR) is 148 cm³/mol. The van der Waals surface area contributed by atoms with Crippen molar-refractivity contribution in [3.8, 4) is 5.75 Å². The zero-order chi connectivity index (χ0) is 32.1. The molecule has 3 rings (SSSR count). The van der Waals surface area contributed by atoms with Crippen molar-refractivity contribution in [1.29, 1.82) is 0 Å². The minimum absolute atomic E-state index is 0.00503. The number of ether oxygens (including phenoxy) is 2. The van der Waals surface area contributed by atoms with Gasteiger partial charge in [0.25, 0.3) is 11.6 Å². The molecule has 2 amide bonds. The number of nitrogens with zero attached hydrogens (tertiary/aromatic N) is 1. The summed E-state index contributed by atoms with van der Waals surface area (Å²) in [6.07, 6.45) is 0.892. The number of hydrogen-bond donors (Lipinski definition) is 5. The average molecular weight is 644 g/mol. The van der Waals surface area contributed by atoms with Gasteiger partial charge in [-0.1, -0.05) is 12.1 Å². The third-order valence-electron chi connectivity index (χ3n) is 6.44. The van der Waals surface area contributed by atoms with E-state index in [1.54, 1.807) is 0 Å².